The third-order valence-corrected chi connectivity index (χ3v) is 3.38. The average molecular weight is 174 g/mol. The molecule has 0 aliphatic rings. The predicted molar refractivity (Wildman–Crippen MR) is 28.8 cm³/mol. The molecule has 0 aliphatic carbocycles. The van der Waals surface area contributed by atoms with Crippen molar-refractivity contribution in [2.45, 2.75) is 0 Å². The van der Waals surface area contributed by atoms with Crippen LogP contribution < -0.4 is 0 Å². The Labute approximate surface area is 52.5 Å². The Kier molecular flexibility index (Phi) is 2.33. The molecule has 0 unspecified atom stereocenters. The average Bonchev–Trinajstić information content (AvgIpc) is 1.14. The van der Waals surface area contributed by atoms with Crippen molar-refractivity contribution in [1.82, 2.24) is 0 Å². The maximum absolute atomic E-state index is 9.76. The number of hydrogen-bond donors (Lipinski definition) is 4. The Morgan fingerprint density at radius 2 is 1.56 bits per heavy atom. The fraction of sp³-hybridized carbons (Fsp3) is 1.00. The van der Waals surface area contributed by atoms with Crippen LogP contribution in [0.3, 0.4) is 0 Å². The summed E-state index contributed by atoms with van der Waals surface area (Å²) in [4.78, 5) is 24.2. The topological polar surface area (TPSA) is 115 Å². The highest BCUT2D eigenvalue weighted by Crippen LogP contribution is 1.90. The Morgan fingerprint density at radius 3 is 1.56 bits per heavy atom. The summed E-state index contributed by atoms with van der Waals surface area (Å²) in [6, 6.07) is 0. The SMILES string of the molecule is O=S(=O)(O)C[Si](O)(O)O. The molecule has 0 saturated heterocycles. The van der Waals surface area contributed by atoms with Crippen molar-refractivity contribution in [2.75, 3.05) is 5.38 Å². The Balaban J connectivity index is 4.07. The van der Waals surface area contributed by atoms with Gasteiger partial charge in [-0.25, -0.2) is 0 Å². The monoisotopic (exact) mass is 174 g/mol. The highest BCUT2D eigenvalue weighted by molar-refractivity contribution is 7.87. The summed E-state index contributed by atoms with van der Waals surface area (Å²) in [7, 11) is -9.10. The van der Waals surface area contributed by atoms with Gasteiger partial charge in [-0.2, -0.15) is 8.42 Å². The highest BCUT2D eigenvalue weighted by atomic mass is 32.2. The summed E-state index contributed by atoms with van der Waals surface area (Å²) in [5.74, 6) is 0. The summed E-state index contributed by atoms with van der Waals surface area (Å²) >= 11 is 0. The molecule has 56 valence electrons. The molecule has 0 aromatic heterocycles. The first-order valence-electron chi connectivity index (χ1n) is 1.83. The summed E-state index contributed by atoms with van der Waals surface area (Å²) in [5, 5.41) is -1.38. The zero-order chi connectivity index (χ0) is 7.71. The van der Waals surface area contributed by atoms with Crippen molar-refractivity contribution in [3.63, 3.8) is 0 Å². The van der Waals surface area contributed by atoms with Gasteiger partial charge in [0, 0.05) is 0 Å². The van der Waals surface area contributed by atoms with E-state index in [4.69, 9.17) is 18.9 Å². The molecular weight excluding hydrogens is 168 g/mol. The fourth-order valence-electron chi connectivity index (χ4n) is 0.245. The van der Waals surface area contributed by atoms with Gasteiger partial charge >= 0.3 is 8.80 Å². The van der Waals surface area contributed by atoms with Gasteiger partial charge in [0.25, 0.3) is 10.1 Å². The Morgan fingerprint density at radius 1 is 1.22 bits per heavy atom. The first-order valence-corrected chi connectivity index (χ1v) is 5.49. The van der Waals surface area contributed by atoms with E-state index in [9.17, 15) is 8.42 Å². The molecule has 0 rings (SSSR count). The van der Waals surface area contributed by atoms with Gasteiger partial charge < -0.3 is 14.4 Å². The smallest absolute Gasteiger partial charge is 0.389 e. The zero-order valence-corrected chi connectivity index (χ0v) is 6.04. The lowest BCUT2D eigenvalue weighted by atomic mass is 11.9. The van der Waals surface area contributed by atoms with Crippen molar-refractivity contribution >= 4 is 18.9 Å². The summed E-state index contributed by atoms with van der Waals surface area (Å²) < 4.78 is 27.4. The van der Waals surface area contributed by atoms with E-state index in [1.165, 1.54) is 0 Å². The number of rotatable bonds is 2. The first kappa shape index (κ1) is 9.01. The molecule has 0 amide bonds. The maximum atomic E-state index is 9.76. The largest absolute Gasteiger partial charge is 0.511 e. The normalized spacial score (nSPS) is 13.8. The van der Waals surface area contributed by atoms with Crippen molar-refractivity contribution in [3.8, 4) is 0 Å². The van der Waals surface area contributed by atoms with Gasteiger partial charge in [0.05, 0.1) is 0 Å². The van der Waals surface area contributed by atoms with Gasteiger partial charge in [-0.15, -0.1) is 0 Å². The minimum absolute atomic E-state index is 1.38. The van der Waals surface area contributed by atoms with Crippen molar-refractivity contribution in [3.05, 3.63) is 0 Å². The maximum Gasteiger partial charge on any atom is 0.511 e. The van der Waals surface area contributed by atoms with E-state index in [1.54, 1.807) is 0 Å². The van der Waals surface area contributed by atoms with Crippen molar-refractivity contribution < 1.29 is 27.4 Å². The minimum atomic E-state index is -4.63. The summed E-state index contributed by atoms with van der Waals surface area (Å²) in [6.45, 7) is 0. The van der Waals surface area contributed by atoms with E-state index < -0.39 is 24.3 Å². The predicted octanol–water partition coefficient (Wildman–Crippen LogP) is -2.67. The first-order chi connectivity index (χ1) is 3.71. The van der Waals surface area contributed by atoms with Gasteiger partial charge in [0.15, 0.2) is 0 Å². The molecular formula is CH6O6SSi. The Bertz CT molecular complexity index is 174. The molecule has 9 heavy (non-hydrogen) atoms. The molecule has 0 spiro atoms. The van der Waals surface area contributed by atoms with E-state index in [2.05, 4.69) is 0 Å². The summed E-state index contributed by atoms with van der Waals surface area (Å²) in [5.41, 5.74) is 0. The molecule has 0 fully saturated rings. The lowest BCUT2D eigenvalue weighted by Crippen LogP contribution is -2.43. The molecule has 0 atom stereocenters. The molecule has 0 saturated carbocycles. The van der Waals surface area contributed by atoms with Crippen LogP contribution in [0, 0.1) is 0 Å². The molecule has 4 N–H and O–H groups in total. The van der Waals surface area contributed by atoms with Crippen molar-refractivity contribution in [2.24, 2.45) is 0 Å². The van der Waals surface area contributed by atoms with Gasteiger partial charge in [-0.3, -0.25) is 4.55 Å². The van der Waals surface area contributed by atoms with E-state index in [1.807, 2.05) is 0 Å². The van der Waals surface area contributed by atoms with Crippen LogP contribution in [-0.4, -0.2) is 41.5 Å². The highest BCUT2D eigenvalue weighted by Gasteiger charge is 2.33. The second-order valence-corrected chi connectivity index (χ2v) is 5.37. The third kappa shape index (κ3) is 8.01. The van der Waals surface area contributed by atoms with Crippen LogP contribution in [0.1, 0.15) is 0 Å². The fourth-order valence-corrected chi connectivity index (χ4v) is 2.20. The molecule has 6 nitrogen and oxygen atoms in total. The van der Waals surface area contributed by atoms with E-state index in [0.29, 0.717) is 0 Å². The van der Waals surface area contributed by atoms with Crippen LogP contribution >= 0.6 is 0 Å². The molecule has 0 heterocycles. The van der Waals surface area contributed by atoms with Crippen LogP contribution in [0.4, 0.5) is 0 Å². The van der Waals surface area contributed by atoms with Crippen molar-refractivity contribution in [1.29, 1.82) is 0 Å². The van der Waals surface area contributed by atoms with Gasteiger partial charge in [0.1, 0.15) is 5.38 Å². The van der Waals surface area contributed by atoms with E-state index in [0.717, 1.165) is 0 Å². The molecule has 0 radical (unpaired) electrons. The molecule has 0 aliphatic heterocycles. The van der Waals surface area contributed by atoms with Crippen LogP contribution in [0.15, 0.2) is 0 Å². The molecule has 0 aromatic rings. The van der Waals surface area contributed by atoms with Gasteiger partial charge in [0.2, 0.25) is 0 Å². The zero-order valence-electron chi connectivity index (χ0n) is 4.22. The van der Waals surface area contributed by atoms with Gasteiger partial charge in [-0.1, -0.05) is 0 Å². The molecule has 0 bridgehead atoms. The second kappa shape index (κ2) is 2.32. The second-order valence-electron chi connectivity index (χ2n) is 1.50. The summed E-state index contributed by atoms with van der Waals surface area (Å²) in [6.07, 6.45) is 0. The number of hydrogen-bond acceptors (Lipinski definition) is 5. The Hall–Kier alpha value is 0.00688. The lowest BCUT2D eigenvalue weighted by molar-refractivity contribution is 0.235. The standard InChI is InChI=1S/CH6O6SSi/c2-8(3,4)1-9(5,6)7/h5-7H,1H2,(H,2,3,4). The van der Waals surface area contributed by atoms with Crippen LogP contribution in [0.2, 0.25) is 0 Å². The quantitative estimate of drug-likeness (QED) is 0.268. The van der Waals surface area contributed by atoms with Crippen LogP contribution in [0.5, 0.6) is 0 Å². The van der Waals surface area contributed by atoms with Crippen LogP contribution in [0.25, 0.3) is 0 Å². The lowest BCUT2D eigenvalue weighted by Gasteiger charge is -2.04. The molecule has 0 aromatic carbocycles. The van der Waals surface area contributed by atoms with Gasteiger partial charge in [-0.05, 0) is 0 Å². The third-order valence-electron chi connectivity index (χ3n) is 0.376. The molecule has 8 heteroatoms. The van der Waals surface area contributed by atoms with Crippen LogP contribution in [-0.2, 0) is 10.1 Å². The van der Waals surface area contributed by atoms with E-state index in [-0.39, 0.29) is 0 Å². The minimum Gasteiger partial charge on any atom is -0.389 e. The van der Waals surface area contributed by atoms with E-state index >= 15 is 0 Å².